The number of aliphatic hydroxyl groups excluding tert-OH is 1. The van der Waals surface area contributed by atoms with Crippen molar-refractivity contribution in [2.45, 2.75) is 46.8 Å². The van der Waals surface area contributed by atoms with Crippen LogP contribution in [0.2, 0.25) is 0 Å². The Morgan fingerprint density at radius 3 is 2.26 bits per heavy atom. The van der Waals surface area contributed by atoms with Crippen molar-refractivity contribution in [2.24, 2.45) is 0 Å². The first-order chi connectivity index (χ1) is 14.3. The van der Waals surface area contributed by atoms with E-state index in [1.807, 2.05) is 0 Å². The van der Waals surface area contributed by atoms with Crippen molar-refractivity contribution in [3.8, 4) is 5.75 Å². The lowest BCUT2D eigenvalue weighted by Gasteiger charge is -2.53. The fourth-order valence-corrected chi connectivity index (χ4v) is 6.96. The molecule has 0 spiro atoms. The van der Waals surface area contributed by atoms with Crippen molar-refractivity contribution >= 4 is 9.84 Å². The minimum atomic E-state index is -4.80. The van der Waals surface area contributed by atoms with Crippen LogP contribution in [0.1, 0.15) is 30.4 Å². The Balaban J connectivity index is 2.00. The summed E-state index contributed by atoms with van der Waals surface area (Å²) in [5.41, 5.74) is -4.18. The predicted molar refractivity (Wildman–Crippen MR) is 97.0 cm³/mol. The summed E-state index contributed by atoms with van der Waals surface area (Å²) in [4.78, 5) is -0.605. The first-order valence-corrected chi connectivity index (χ1v) is 10.8. The van der Waals surface area contributed by atoms with Gasteiger partial charge < -0.3 is 14.9 Å². The van der Waals surface area contributed by atoms with Gasteiger partial charge >= 0.3 is 6.18 Å². The van der Waals surface area contributed by atoms with Gasteiger partial charge in [-0.05, 0) is 49.2 Å². The molecule has 1 heterocycles. The summed E-state index contributed by atoms with van der Waals surface area (Å²) < 4.78 is 98.4. The third kappa shape index (κ3) is 3.05. The molecule has 5 nitrogen and oxygen atoms in total. The lowest BCUT2D eigenvalue weighted by atomic mass is 9.68. The van der Waals surface area contributed by atoms with Gasteiger partial charge in [0.05, 0.1) is 22.1 Å². The number of benzene rings is 2. The minimum Gasteiger partial charge on any atom is -0.487 e. The topological polar surface area (TPSA) is 83.8 Å². The number of hydrogen-bond acceptors (Lipinski definition) is 5. The van der Waals surface area contributed by atoms with Crippen molar-refractivity contribution < 1.29 is 45.3 Å². The molecule has 168 valence electrons. The molecule has 2 aromatic carbocycles. The lowest BCUT2D eigenvalue weighted by Crippen LogP contribution is -2.65. The third-order valence-corrected chi connectivity index (χ3v) is 8.62. The highest BCUT2D eigenvalue weighted by atomic mass is 32.2. The van der Waals surface area contributed by atoms with Gasteiger partial charge in [0, 0.05) is 6.42 Å². The number of hydrogen-bond donors (Lipinski definition) is 2. The molecule has 1 aliphatic heterocycles. The molecular formula is C20H17F5O5S. The van der Waals surface area contributed by atoms with Crippen LogP contribution in [0.4, 0.5) is 22.0 Å². The van der Waals surface area contributed by atoms with Gasteiger partial charge in [0.1, 0.15) is 22.8 Å². The van der Waals surface area contributed by atoms with E-state index in [4.69, 9.17) is 4.74 Å². The van der Waals surface area contributed by atoms with Gasteiger partial charge in [0.25, 0.3) is 0 Å². The van der Waals surface area contributed by atoms with Gasteiger partial charge in [-0.25, -0.2) is 17.2 Å². The van der Waals surface area contributed by atoms with Crippen LogP contribution < -0.4 is 4.74 Å². The smallest absolute Gasteiger partial charge is 0.416 e. The molecule has 31 heavy (non-hydrogen) atoms. The third-order valence-electron chi connectivity index (χ3n) is 6.02. The summed E-state index contributed by atoms with van der Waals surface area (Å²) in [6.45, 7) is -0.753. The molecule has 0 bridgehead atoms. The summed E-state index contributed by atoms with van der Waals surface area (Å²) in [5, 5.41) is 21.4. The van der Waals surface area contributed by atoms with Gasteiger partial charge in [-0.15, -0.1) is 0 Å². The van der Waals surface area contributed by atoms with Crippen LogP contribution in [0.5, 0.6) is 5.75 Å². The van der Waals surface area contributed by atoms with Crippen LogP contribution in [0.15, 0.2) is 41.3 Å². The predicted octanol–water partition coefficient (Wildman–Crippen LogP) is 3.32. The van der Waals surface area contributed by atoms with E-state index in [1.54, 1.807) is 0 Å². The van der Waals surface area contributed by atoms with Crippen LogP contribution in [-0.4, -0.2) is 36.9 Å². The van der Waals surface area contributed by atoms with E-state index in [2.05, 4.69) is 0 Å². The molecule has 2 aromatic rings. The Kier molecular flexibility index (Phi) is 4.88. The molecule has 1 aliphatic carbocycles. The molecule has 4 rings (SSSR count). The first-order valence-electron chi connectivity index (χ1n) is 9.27. The van der Waals surface area contributed by atoms with Gasteiger partial charge in [-0.2, -0.15) is 13.2 Å². The number of ether oxygens (including phenoxy) is 1. The number of fused-ring (bicyclic) bond motifs is 3. The van der Waals surface area contributed by atoms with Crippen molar-refractivity contribution in [2.75, 3.05) is 6.61 Å². The van der Waals surface area contributed by atoms with E-state index < -0.39 is 85.3 Å². The maximum absolute atomic E-state index is 15.0. The normalized spacial score (nSPS) is 28.4. The molecule has 1 saturated carbocycles. The van der Waals surface area contributed by atoms with Crippen molar-refractivity contribution in [3.63, 3.8) is 0 Å². The number of halogens is 5. The zero-order valence-corrected chi connectivity index (χ0v) is 16.6. The monoisotopic (exact) mass is 464 g/mol. The van der Waals surface area contributed by atoms with Crippen molar-refractivity contribution in [1.29, 1.82) is 0 Å². The second-order valence-corrected chi connectivity index (χ2v) is 9.98. The number of aliphatic hydroxyl groups is 2. The molecule has 0 saturated heterocycles. The van der Waals surface area contributed by atoms with Crippen molar-refractivity contribution in [3.05, 3.63) is 59.2 Å². The van der Waals surface area contributed by atoms with Gasteiger partial charge in [0.2, 0.25) is 0 Å². The van der Waals surface area contributed by atoms with Crippen molar-refractivity contribution in [1.82, 2.24) is 0 Å². The van der Waals surface area contributed by atoms with Gasteiger partial charge in [-0.3, -0.25) is 0 Å². The average molecular weight is 464 g/mol. The van der Waals surface area contributed by atoms with Gasteiger partial charge in [-0.1, -0.05) is 0 Å². The van der Waals surface area contributed by atoms with Crippen LogP contribution in [0, 0.1) is 11.6 Å². The van der Waals surface area contributed by atoms with Gasteiger partial charge in [0.15, 0.2) is 21.4 Å². The quantitative estimate of drug-likeness (QED) is 0.667. The maximum atomic E-state index is 15.0. The van der Waals surface area contributed by atoms with E-state index in [1.165, 1.54) is 0 Å². The highest BCUT2D eigenvalue weighted by Gasteiger charge is 2.67. The Labute approximate surface area is 174 Å². The number of alkyl halides is 3. The van der Waals surface area contributed by atoms with Crippen LogP contribution in [-0.2, 0) is 20.8 Å². The summed E-state index contributed by atoms with van der Waals surface area (Å²) in [6.07, 6.45) is -7.02. The average Bonchev–Trinajstić information content (AvgIpc) is 2.69. The van der Waals surface area contributed by atoms with E-state index in [0.717, 1.165) is 6.07 Å². The zero-order valence-electron chi connectivity index (χ0n) is 15.8. The van der Waals surface area contributed by atoms with E-state index in [9.17, 15) is 40.6 Å². The fourth-order valence-electron chi connectivity index (χ4n) is 4.58. The Morgan fingerprint density at radius 2 is 1.65 bits per heavy atom. The van der Waals surface area contributed by atoms with Crippen LogP contribution in [0.3, 0.4) is 0 Å². The molecule has 2 N–H and O–H groups in total. The molecule has 0 aromatic heterocycles. The van der Waals surface area contributed by atoms with Crippen LogP contribution >= 0.6 is 0 Å². The summed E-state index contributed by atoms with van der Waals surface area (Å²) in [7, 11) is -4.80. The molecule has 11 heteroatoms. The number of sulfone groups is 1. The summed E-state index contributed by atoms with van der Waals surface area (Å²) in [5.74, 6) is -2.88. The first kappa shape index (κ1) is 22.0. The molecular weight excluding hydrogens is 447 g/mol. The lowest BCUT2D eigenvalue weighted by molar-refractivity contribution is -0.137. The van der Waals surface area contributed by atoms with E-state index in [0.29, 0.717) is 30.3 Å². The standard InChI is InChI=1S/C20H17F5O5S/c21-14-5-6-15(22)17-16(14)19(8-7-12(26)9-18(19,27)10-30-17)31(28,29)13-3-1-11(2-4-13)20(23,24)25/h1-6,12,26-27H,7-10H2/t12-,18-,19-/m1/s1. The molecule has 0 amide bonds. The van der Waals surface area contributed by atoms with E-state index in [-0.39, 0.29) is 6.42 Å². The van der Waals surface area contributed by atoms with E-state index >= 15 is 0 Å². The fraction of sp³-hybridized carbons (Fsp3) is 0.400. The molecule has 0 radical (unpaired) electrons. The molecule has 2 aliphatic rings. The molecule has 1 fully saturated rings. The highest BCUT2D eigenvalue weighted by Crippen LogP contribution is 2.58. The Hall–Kier alpha value is -2.24. The zero-order chi connectivity index (χ0) is 22.8. The van der Waals surface area contributed by atoms with Crippen LogP contribution in [0.25, 0.3) is 0 Å². The summed E-state index contributed by atoms with van der Waals surface area (Å²) >= 11 is 0. The second kappa shape index (κ2) is 6.88. The summed E-state index contributed by atoms with van der Waals surface area (Å²) in [6, 6.07) is 3.98. The molecule has 3 atom stereocenters. The number of rotatable bonds is 2. The minimum absolute atomic E-state index is 0.169. The SMILES string of the molecule is O=S(=O)(c1ccc(C(F)(F)F)cc1)[C@@]12CC[C@@H](O)C[C@@]1(O)COc1c(F)ccc(F)c12. The Bertz CT molecular complexity index is 1130. The highest BCUT2D eigenvalue weighted by molar-refractivity contribution is 7.92. The maximum Gasteiger partial charge on any atom is 0.416 e. The largest absolute Gasteiger partial charge is 0.487 e. The Morgan fingerprint density at radius 1 is 1.03 bits per heavy atom. The second-order valence-electron chi connectivity index (χ2n) is 7.80. The molecule has 0 unspecified atom stereocenters.